The number of halogens is 5. The van der Waals surface area contributed by atoms with Crippen molar-refractivity contribution >= 4 is 10.9 Å². The minimum atomic E-state index is -4.62. The van der Waals surface area contributed by atoms with Gasteiger partial charge < -0.3 is 10.3 Å². The van der Waals surface area contributed by atoms with E-state index in [4.69, 9.17) is 5.73 Å². The molecule has 7 heteroatoms. The molecule has 3 aromatic rings. The van der Waals surface area contributed by atoms with Crippen LogP contribution in [0.5, 0.6) is 0 Å². The first-order valence-corrected chi connectivity index (χ1v) is 9.23. The summed E-state index contributed by atoms with van der Waals surface area (Å²) in [5.41, 5.74) is 5.35. The fourth-order valence-electron chi connectivity index (χ4n) is 3.53. The van der Waals surface area contributed by atoms with Gasteiger partial charge in [-0.15, -0.1) is 0 Å². The van der Waals surface area contributed by atoms with Gasteiger partial charge in [-0.25, -0.2) is 8.78 Å². The molecule has 0 unspecified atom stereocenters. The van der Waals surface area contributed by atoms with Crippen molar-refractivity contribution in [3.05, 3.63) is 59.5 Å². The number of nitrogens with two attached hydrogens (primary N) is 1. The van der Waals surface area contributed by atoms with Crippen LogP contribution in [0.15, 0.2) is 42.6 Å². The summed E-state index contributed by atoms with van der Waals surface area (Å²) in [4.78, 5) is 0. The number of alkyl halides is 4. The number of nitrogens with zero attached hydrogens (tertiary/aromatic N) is 1. The predicted molar refractivity (Wildman–Crippen MR) is 105 cm³/mol. The first kappa shape index (κ1) is 21.3. The second-order valence-electron chi connectivity index (χ2n) is 8.43. The maximum absolute atomic E-state index is 15.0. The summed E-state index contributed by atoms with van der Waals surface area (Å²) in [6.07, 6.45) is -2.95. The Morgan fingerprint density at radius 1 is 1.03 bits per heavy atom. The zero-order chi connectivity index (χ0) is 21.6. The third-order valence-electron chi connectivity index (χ3n) is 4.73. The van der Waals surface area contributed by atoms with Gasteiger partial charge in [0, 0.05) is 29.2 Å². The summed E-state index contributed by atoms with van der Waals surface area (Å²) in [5, 5.41) is 0.408. The van der Waals surface area contributed by atoms with E-state index < -0.39 is 30.3 Å². The Bertz CT molecular complexity index is 1030. The second-order valence-corrected chi connectivity index (χ2v) is 8.43. The summed E-state index contributed by atoms with van der Waals surface area (Å²) in [6, 6.07) is 6.50. The Kier molecular flexibility index (Phi) is 5.47. The molecule has 2 nitrogen and oxygen atoms in total. The van der Waals surface area contributed by atoms with Gasteiger partial charge in [0.1, 0.15) is 12.5 Å². The molecule has 0 radical (unpaired) electrons. The van der Waals surface area contributed by atoms with Crippen molar-refractivity contribution in [2.75, 3.05) is 6.67 Å². The molecule has 0 aliphatic rings. The van der Waals surface area contributed by atoms with Crippen molar-refractivity contribution in [3.8, 4) is 11.1 Å². The van der Waals surface area contributed by atoms with Gasteiger partial charge in [0.15, 0.2) is 0 Å². The van der Waals surface area contributed by atoms with Crippen LogP contribution in [0.1, 0.15) is 37.9 Å². The van der Waals surface area contributed by atoms with E-state index in [1.165, 1.54) is 24.3 Å². The molecule has 2 N–H and O–H groups in total. The molecule has 0 spiro atoms. The predicted octanol–water partition coefficient (Wildman–Crippen LogP) is 6.48. The molecule has 1 heterocycles. The van der Waals surface area contributed by atoms with Crippen LogP contribution in [0, 0.1) is 11.2 Å². The van der Waals surface area contributed by atoms with Crippen molar-refractivity contribution in [2.45, 2.75) is 39.5 Å². The molecule has 0 saturated heterocycles. The van der Waals surface area contributed by atoms with Gasteiger partial charge in [-0.1, -0.05) is 39.0 Å². The van der Waals surface area contributed by atoms with Crippen LogP contribution in [0.4, 0.5) is 22.0 Å². The highest BCUT2D eigenvalue weighted by atomic mass is 19.4. The molecule has 0 fully saturated rings. The number of hydrogen-bond acceptors (Lipinski definition) is 1. The number of aromatic nitrogens is 1. The molecule has 1 aromatic heterocycles. The summed E-state index contributed by atoms with van der Waals surface area (Å²) in [5.74, 6) is -0.810. The lowest BCUT2D eigenvalue weighted by Gasteiger charge is -2.20. The number of hydrogen-bond donors (Lipinski definition) is 1. The van der Waals surface area contributed by atoms with E-state index in [1.807, 2.05) is 20.8 Å². The Labute approximate surface area is 166 Å². The lowest BCUT2D eigenvalue weighted by Crippen LogP contribution is -2.15. The Balaban J connectivity index is 2.30. The molecule has 0 saturated carbocycles. The van der Waals surface area contributed by atoms with Gasteiger partial charge in [-0.2, -0.15) is 13.2 Å². The van der Waals surface area contributed by atoms with Gasteiger partial charge in [-0.3, -0.25) is 0 Å². The summed E-state index contributed by atoms with van der Waals surface area (Å²) in [7, 11) is 0. The standard InChI is InChI=1S/C22H23F5N2/c1-21(2,3)12-29-11-16(19(28)10-23)15-8-18(24)14(9-20(15)29)13-6-4-5-7-17(13)22(25,26)27/h4-9,11,19H,10,12,28H2,1-3H3/t19-/m1/s1. The fourth-order valence-corrected chi connectivity index (χ4v) is 3.53. The van der Waals surface area contributed by atoms with Crippen LogP contribution in [0.25, 0.3) is 22.0 Å². The zero-order valence-corrected chi connectivity index (χ0v) is 16.4. The van der Waals surface area contributed by atoms with Crippen LogP contribution in [-0.4, -0.2) is 11.2 Å². The molecule has 3 rings (SSSR count). The van der Waals surface area contributed by atoms with Crippen molar-refractivity contribution in [2.24, 2.45) is 11.1 Å². The van der Waals surface area contributed by atoms with Crippen molar-refractivity contribution in [1.29, 1.82) is 0 Å². The first-order chi connectivity index (χ1) is 13.4. The minimum absolute atomic E-state index is 0.154. The first-order valence-electron chi connectivity index (χ1n) is 9.23. The van der Waals surface area contributed by atoms with Crippen molar-refractivity contribution in [3.63, 3.8) is 0 Å². The molecular formula is C22H23F5N2. The van der Waals surface area contributed by atoms with Crippen molar-refractivity contribution in [1.82, 2.24) is 4.57 Å². The molecule has 2 aromatic carbocycles. The molecule has 156 valence electrons. The molecule has 1 atom stereocenters. The average Bonchev–Trinajstić information content (AvgIpc) is 2.95. The Morgan fingerprint density at radius 2 is 1.69 bits per heavy atom. The van der Waals surface area contributed by atoms with Crippen LogP contribution < -0.4 is 5.73 Å². The molecule has 0 amide bonds. The molecular weight excluding hydrogens is 387 g/mol. The third-order valence-corrected chi connectivity index (χ3v) is 4.73. The average molecular weight is 410 g/mol. The fraction of sp³-hybridized carbons (Fsp3) is 0.364. The summed E-state index contributed by atoms with van der Waals surface area (Å²) in [6.45, 7) is 5.67. The van der Waals surface area contributed by atoms with Gasteiger partial charge in [-0.05, 0) is 34.7 Å². The van der Waals surface area contributed by atoms with Gasteiger partial charge in [0.25, 0.3) is 0 Å². The van der Waals surface area contributed by atoms with E-state index in [-0.39, 0.29) is 16.5 Å². The van der Waals surface area contributed by atoms with E-state index in [1.54, 1.807) is 10.8 Å². The largest absolute Gasteiger partial charge is 0.417 e. The maximum atomic E-state index is 15.0. The molecule has 0 aliphatic carbocycles. The lowest BCUT2D eigenvalue weighted by atomic mass is 9.96. The van der Waals surface area contributed by atoms with Gasteiger partial charge >= 0.3 is 6.18 Å². The summed E-state index contributed by atoms with van der Waals surface area (Å²) >= 11 is 0. The number of rotatable bonds is 4. The monoisotopic (exact) mass is 410 g/mol. The van der Waals surface area contributed by atoms with Crippen LogP contribution >= 0.6 is 0 Å². The lowest BCUT2D eigenvalue weighted by molar-refractivity contribution is -0.137. The highest BCUT2D eigenvalue weighted by Crippen LogP contribution is 2.40. The van der Waals surface area contributed by atoms with Crippen LogP contribution in [0.2, 0.25) is 0 Å². The van der Waals surface area contributed by atoms with Crippen LogP contribution in [0.3, 0.4) is 0 Å². The number of fused-ring (bicyclic) bond motifs is 1. The van der Waals surface area contributed by atoms with E-state index in [9.17, 15) is 22.0 Å². The zero-order valence-electron chi connectivity index (χ0n) is 16.4. The van der Waals surface area contributed by atoms with E-state index in [0.717, 1.165) is 12.1 Å². The van der Waals surface area contributed by atoms with Gasteiger partial charge in [0.2, 0.25) is 0 Å². The summed E-state index contributed by atoms with van der Waals surface area (Å²) < 4.78 is 70.3. The Hall–Kier alpha value is -2.41. The van der Waals surface area contributed by atoms with E-state index in [0.29, 0.717) is 23.0 Å². The highest BCUT2D eigenvalue weighted by Gasteiger charge is 2.34. The normalized spacial score (nSPS) is 13.8. The van der Waals surface area contributed by atoms with E-state index in [2.05, 4.69) is 0 Å². The second kappa shape index (κ2) is 7.44. The molecule has 29 heavy (non-hydrogen) atoms. The number of benzene rings is 2. The quantitative estimate of drug-likeness (QED) is 0.490. The van der Waals surface area contributed by atoms with E-state index >= 15 is 0 Å². The minimum Gasteiger partial charge on any atom is -0.347 e. The Morgan fingerprint density at radius 3 is 2.28 bits per heavy atom. The SMILES string of the molecule is CC(C)(C)Cn1cc([C@H](N)CF)c2cc(F)c(-c3ccccc3C(F)(F)F)cc21. The topological polar surface area (TPSA) is 30.9 Å². The maximum Gasteiger partial charge on any atom is 0.417 e. The third kappa shape index (κ3) is 4.29. The van der Waals surface area contributed by atoms with Crippen LogP contribution in [-0.2, 0) is 12.7 Å². The molecule has 0 bridgehead atoms. The van der Waals surface area contributed by atoms with Gasteiger partial charge in [0.05, 0.1) is 11.6 Å². The molecule has 0 aliphatic heterocycles. The highest BCUT2D eigenvalue weighted by molar-refractivity contribution is 5.89. The van der Waals surface area contributed by atoms with Crippen molar-refractivity contribution < 1.29 is 22.0 Å². The smallest absolute Gasteiger partial charge is 0.347 e.